The molecule has 0 spiro atoms. The van der Waals surface area contributed by atoms with Gasteiger partial charge in [-0.15, -0.1) is 10.2 Å². The second-order valence-electron chi connectivity index (χ2n) is 4.24. The lowest BCUT2D eigenvalue weighted by atomic mass is 10.2. The van der Waals surface area contributed by atoms with E-state index in [1.165, 1.54) is 17.4 Å². The SMILES string of the molecule is CCNC(CC)c1nnc(-c2ccccc2[N+](=O)[O-])s1. The highest BCUT2D eigenvalue weighted by Crippen LogP contribution is 2.33. The number of para-hydroxylation sites is 1. The third-order valence-electron chi connectivity index (χ3n) is 2.93. The molecule has 0 bridgehead atoms. The van der Waals surface area contributed by atoms with Crippen LogP contribution < -0.4 is 5.32 Å². The maximum absolute atomic E-state index is 11.0. The molecule has 0 aliphatic heterocycles. The molecule has 1 aromatic carbocycles. The minimum Gasteiger partial charge on any atom is -0.308 e. The Bertz CT molecular complexity index is 600. The molecular weight excluding hydrogens is 276 g/mol. The summed E-state index contributed by atoms with van der Waals surface area (Å²) in [6, 6.07) is 6.76. The van der Waals surface area contributed by atoms with Crippen LogP contribution in [0.15, 0.2) is 24.3 Å². The smallest absolute Gasteiger partial charge is 0.279 e. The third-order valence-corrected chi connectivity index (χ3v) is 4.00. The van der Waals surface area contributed by atoms with Crippen molar-refractivity contribution in [3.05, 3.63) is 39.4 Å². The Hall–Kier alpha value is -1.86. The fraction of sp³-hybridized carbons (Fsp3) is 0.385. The van der Waals surface area contributed by atoms with Gasteiger partial charge < -0.3 is 5.32 Å². The largest absolute Gasteiger partial charge is 0.308 e. The van der Waals surface area contributed by atoms with Crippen molar-refractivity contribution >= 4 is 17.0 Å². The first-order valence-electron chi connectivity index (χ1n) is 6.47. The molecule has 20 heavy (non-hydrogen) atoms. The summed E-state index contributed by atoms with van der Waals surface area (Å²) in [5.74, 6) is 0. The maximum Gasteiger partial charge on any atom is 0.279 e. The molecule has 0 saturated carbocycles. The fourth-order valence-corrected chi connectivity index (χ4v) is 2.99. The lowest BCUT2D eigenvalue weighted by molar-refractivity contribution is -0.384. The van der Waals surface area contributed by atoms with E-state index in [1.54, 1.807) is 18.2 Å². The van der Waals surface area contributed by atoms with E-state index >= 15 is 0 Å². The van der Waals surface area contributed by atoms with Crippen molar-refractivity contribution in [1.29, 1.82) is 0 Å². The summed E-state index contributed by atoms with van der Waals surface area (Å²) in [7, 11) is 0. The van der Waals surface area contributed by atoms with Gasteiger partial charge in [0.2, 0.25) is 0 Å². The summed E-state index contributed by atoms with van der Waals surface area (Å²) in [6.07, 6.45) is 0.902. The zero-order valence-corrected chi connectivity index (χ0v) is 12.2. The van der Waals surface area contributed by atoms with Gasteiger partial charge in [-0.2, -0.15) is 0 Å². The van der Waals surface area contributed by atoms with Crippen LogP contribution in [0.4, 0.5) is 5.69 Å². The van der Waals surface area contributed by atoms with Gasteiger partial charge in [-0.05, 0) is 19.0 Å². The Kier molecular flexibility index (Phi) is 4.75. The molecule has 2 rings (SSSR count). The van der Waals surface area contributed by atoms with Crippen molar-refractivity contribution < 1.29 is 4.92 Å². The van der Waals surface area contributed by atoms with Crippen molar-refractivity contribution in [3.63, 3.8) is 0 Å². The molecule has 6 nitrogen and oxygen atoms in total. The molecule has 1 heterocycles. The van der Waals surface area contributed by atoms with Gasteiger partial charge >= 0.3 is 0 Å². The van der Waals surface area contributed by atoms with Gasteiger partial charge in [0, 0.05) is 6.07 Å². The predicted molar refractivity (Wildman–Crippen MR) is 78.7 cm³/mol. The Morgan fingerprint density at radius 3 is 2.75 bits per heavy atom. The van der Waals surface area contributed by atoms with Gasteiger partial charge in [0.1, 0.15) is 5.01 Å². The number of hydrogen-bond acceptors (Lipinski definition) is 6. The normalized spacial score (nSPS) is 12.3. The molecule has 1 atom stereocenters. The lowest BCUT2D eigenvalue weighted by Gasteiger charge is -2.10. The summed E-state index contributed by atoms with van der Waals surface area (Å²) in [5, 5.41) is 24.1. The first-order valence-corrected chi connectivity index (χ1v) is 7.29. The quantitative estimate of drug-likeness (QED) is 0.653. The molecule has 7 heteroatoms. The van der Waals surface area contributed by atoms with E-state index in [2.05, 4.69) is 22.4 Å². The van der Waals surface area contributed by atoms with Crippen LogP contribution in [0.3, 0.4) is 0 Å². The van der Waals surface area contributed by atoms with Crippen LogP contribution in [0.2, 0.25) is 0 Å². The van der Waals surface area contributed by atoms with E-state index in [0.717, 1.165) is 18.0 Å². The highest BCUT2D eigenvalue weighted by Gasteiger charge is 2.20. The minimum atomic E-state index is -0.391. The number of nitro groups is 1. The monoisotopic (exact) mass is 292 g/mol. The molecule has 1 N–H and O–H groups in total. The van der Waals surface area contributed by atoms with Gasteiger partial charge in [0.25, 0.3) is 5.69 Å². The Labute approximate surface area is 121 Å². The maximum atomic E-state index is 11.0. The molecule has 0 aliphatic carbocycles. The average molecular weight is 292 g/mol. The Morgan fingerprint density at radius 1 is 1.35 bits per heavy atom. The number of hydrogen-bond donors (Lipinski definition) is 1. The van der Waals surface area contributed by atoms with Crippen molar-refractivity contribution in [2.24, 2.45) is 0 Å². The lowest BCUT2D eigenvalue weighted by Crippen LogP contribution is -2.19. The second-order valence-corrected chi connectivity index (χ2v) is 5.25. The van der Waals surface area contributed by atoms with Crippen LogP contribution in [0, 0.1) is 10.1 Å². The molecular formula is C13H16N4O2S. The van der Waals surface area contributed by atoms with Crippen molar-refractivity contribution in [2.45, 2.75) is 26.3 Å². The van der Waals surface area contributed by atoms with Crippen molar-refractivity contribution in [1.82, 2.24) is 15.5 Å². The third kappa shape index (κ3) is 3.00. The number of nitrogens with zero attached hydrogens (tertiary/aromatic N) is 3. The van der Waals surface area contributed by atoms with Gasteiger partial charge in [-0.3, -0.25) is 10.1 Å². The number of nitrogens with one attached hydrogen (secondary N) is 1. The Balaban J connectivity index is 2.36. The zero-order valence-electron chi connectivity index (χ0n) is 11.4. The van der Waals surface area contributed by atoms with E-state index in [0.29, 0.717) is 10.6 Å². The highest BCUT2D eigenvalue weighted by molar-refractivity contribution is 7.14. The first-order chi connectivity index (χ1) is 9.67. The van der Waals surface area contributed by atoms with E-state index in [1.807, 2.05) is 6.92 Å². The summed E-state index contributed by atoms with van der Waals surface area (Å²) in [6.45, 7) is 4.95. The molecule has 1 unspecified atom stereocenters. The fourth-order valence-electron chi connectivity index (χ4n) is 1.95. The van der Waals surface area contributed by atoms with E-state index < -0.39 is 4.92 Å². The summed E-state index contributed by atoms with van der Waals surface area (Å²) in [4.78, 5) is 10.7. The van der Waals surface area contributed by atoms with E-state index in [-0.39, 0.29) is 11.7 Å². The van der Waals surface area contributed by atoms with Gasteiger partial charge in [0.05, 0.1) is 16.5 Å². The van der Waals surface area contributed by atoms with Crippen LogP contribution in [0.5, 0.6) is 0 Å². The summed E-state index contributed by atoms with van der Waals surface area (Å²) < 4.78 is 0. The predicted octanol–water partition coefficient (Wildman–Crippen LogP) is 3.17. The molecule has 2 aromatic rings. The standard InChI is InChI=1S/C13H16N4O2S/c1-3-10(14-4-2)13-16-15-12(20-13)9-7-5-6-8-11(9)17(18)19/h5-8,10,14H,3-4H2,1-2H3. The molecule has 106 valence electrons. The highest BCUT2D eigenvalue weighted by atomic mass is 32.1. The molecule has 0 amide bonds. The molecule has 0 aliphatic rings. The number of nitro benzene ring substituents is 1. The van der Waals surface area contributed by atoms with Crippen molar-refractivity contribution in [2.75, 3.05) is 6.54 Å². The average Bonchev–Trinajstić information content (AvgIpc) is 2.94. The molecule has 0 radical (unpaired) electrons. The number of benzene rings is 1. The van der Waals surface area contributed by atoms with Gasteiger partial charge in [-0.25, -0.2) is 0 Å². The number of rotatable bonds is 6. The van der Waals surface area contributed by atoms with Crippen molar-refractivity contribution in [3.8, 4) is 10.6 Å². The van der Waals surface area contributed by atoms with E-state index in [9.17, 15) is 10.1 Å². The van der Waals surface area contributed by atoms with Crippen LogP contribution >= 0.6 is 11.3 Å². The van der Waals surface area contributed by atoms with Gasteiger partial charge in [0.15, 0.2) is 5.01 Å². The molecule has 0 fully saturated rings. The van der Waals surface area contributed by atoms with Gasteiger partial charge in [-0.1, -0.05) is 37.3 Å². The second kappa shape index (κ2) is 6.53. The van der Waals surface area contributed by atoms with Crippen LogP contribution in [-0.2, 0) is 0 Å². The first kappa shape index (κ1) is 14.5. The van der Waals surface area contributed by atoms with E-state index in [4.69, 9.17) is 0 Å². The van der Waals surface area contributed by atoms with Crippen LogP contribution in [0.25, 0.3) is 10.6 Å². The topological polar surface area (TPSA) is 81.0 Å². The zero-order chi connectivity index (χ0) is 14.5. The number of aromatic nitrogens is 2. The molecule has 0 saturated heterocycles. The van der Waals surface area contributed by atoms with Crippen LogP contribution in [-0.4, -0.2) is 21.7 Å². The Morgan fingerprint density at radius 2 is 2.10 bits per heavy atom. The van der Waals surface area contributed by atoms with Crippen LogP contribution in [0.1, 0.15) is 31.3 Å². The summed E-state index contributed by atoms with van der Waals surface area (Å²) >= 11 is 1.40. The summed E-state index contributed by atoms with van der Waals surface area (Å²) in [5.41, 5.74) is 0.583. The minimum absolute atomic E-state index is 0.0618. The molecule has 1 aromatic heterocycles.